The Hall–Kier alpha value is -2.74. The zero-order chi connectivity index (χ0) is 20.6. The molecular weight excluding hydrogens is 364 g/mol. The van der Waals surface area contributed by atoms with Crippen molar-refractivity contribution in [3.8, 4) is 0 Å². The van der Waals surface area contributed by atoms with Gasteiger partial charge in [-0.25, -0.2) is 17.9 Å². The first-order chi connectivity index (χ1) is 12.5. The molecule has 8 heteroatoms. The van der Waals surface area contributed by atoms with Gasteiger partial charge in [0.15, 0.2) is 0 Å². The van der Waals surface area contributed by atoms with Crippen LogP contribution < -0.4 is 21.1 Å². The molecule has 7 nitrogen and oxygen atoms in total. The van der Waals surface area contributed by atoms with Crippen molar-refractivity contribution in [2.75, 3.05) is 5.32 Å². The highest BCUT2D eigenvalue weighted by molar-refractivity contribution is 7.94. The average molecular weight is 393 g/mol. The molecule has 0 bridgehead atoms. The number of carbonyl (C=O) groups excluding carboxylic acids is 1. The van der Waals surface area contributed by atoms with E-state index in [0.717, 1.165) is 17.3 Å². The number of anilines is 1. The molecule has 5 N–H and O–H groups in total. The molecule has 0 aliphatic heterocycles. The fourth-order valence-electron chi connectivity index (χ4n) is 2.11. The fraction of sp³-hybridized carbons (Fsp3) is 0.316. The second-order valence-corrected chi connectivity index (χ2v) is 8.23. The molecule has 0 unspecified atom stereocenters. The molecule has 1 aromatic carbocycles. The van der Waals surface area contributed by atoms with Crippen molar-refractivity contribution >= 4 is 21.7 Å². The van der Waals surface area contributed by atoms with Crippen LogP contribution in [0.3, 0.4) is 0 Å². The molecule has 1 aromatic rings. The zero-order valence-corrected chi connectivity index (χ0v) is 17.1. The van der Waals surface area contributed by atoms with E-state index in [0.29, 0.717) is 5.69 Å². The summed E-state index contributed by atoms with van der Waals surface area (Å²) in [6.07, 6.45) is 4.32. The van der Waals surface area contributed by atoms with Gasteiger partial charge in [0.2, 0.25) is 0 Å². The molecule has 0 aromatic heterocycles. The van der Waals surface area contributed by atoms with Crippen molar-refractivity contribution in [1.82, 2.24) is 10.0 Å². The molecule has 0 spiro atoms. The number of hydrogen-bond donors (Lipinski definition) is 4. The van der Waals surface area contributed by atoms with E-state index in [9.17, 15) is 13.2 Å². The minimum Gasteiger partial charge on any atom is -0.403 e. The molecule has 148 valence electrons. The highest BCUT2D eigenvalue weighted by Crippen LogP contribution is 2.20. The fourth-order valence-corrected chi connectivity index (χ4v) is 3.11. The van der Waals surface area contributed by atoms with E-state index in [2.05, 4.69) is 10.6 Å². The molecule has 0 saturated heterocycles. The largest absolute Gasteiger partial charge is 0.403 e. The van der Waals surface area contributed by atoms with Crippen LogP contribution in [0.4, 0.5) is 10.5 Å². The molecule has 0 aliphatic carbocycles. The number of amides is 2. The van der Waals surface area contributed by atoms with Gasteiger partial charge in [0, 0.05) is 17.9 Å². The summed E-state index contributed by atoms with van der Waals surface area (Å²) in [5.74, 6) is 0. The number of allylic oxidation sites excluding steroid dienone is 3. The average Bonchev–Trinajstić information content (AvgIpc) is 2.51. The molecule has 0 radical (unpaired) electrons. The summed E-state index contributed by atoms with van der Waals surface area (Å²) in [7, 11) is -4.18. The maximum atomic E-state index is 12.7. The van der Waals surface area contributed by atoms with Crippen molar-refractivity contribution in [2.24, 2.45) is 5.73 Å². The summed E-state index contributed by atoms with van der Waals surface area (Å²) >= 11 is 0. The van der Waals surface area contributed by atoms with Crippen LogP contribution in [0.1, 0.15) is 33.3 Å². The molecule has 0 heterocycles. The van der Waals surface area contributed by atoms with Crippen LogP contribution in [0.25, 0.3) is 0 Å². The number of aryl methyl sites for hydroxylation is 1. The molecule has 0 atom stereocenters. The second kappa shape index (κ2) is 9.82. The maximum absolute atomic E-state index is 12.7. The van der Waals surface area contributed by atoms with Crippen LogP contribution in [0.5, 0.6) is 0 Å². The van der Waals surface area contributed by atoms with Gasteiger partial charge in [-0.1, -0.05) is 23.8 Å². The highest BCUT2D eigenvalue weighted by atomic mass is 32.2. The number of nitrogens with two attached hydrogens (primary N) is 1. The lowest BCUT2D eigenvalue weighted by Gasteiger charge is -2.16. The molecule has 27 heavy (non-hydrogen) atoms. The van der Waals surface area contributed by atoms with E-state index in [4.69, 9.17) is 5.73 Å². The highest BCUT2D eigenvalue weighted by Gasteiger charge is 2.24. The summed E-state index contributed by atoms with van der Waals surface area (Å²) in [5, 5.41) is 5.54. The third-order valence-corrected chi connectivity index (χ3v) is 4.62. The number of carbonyl (C=O) groups is 1. The van der Waals surface area contributed by atoms with Gasteiger partial charge in [-0.15, -0.1) is 0 Å². The Labute approximate surface area is 161 Å². The van der Waals surface area contributed by atoms with E-state index < -0.39 is 16.1 Å². The summed E-state index contributed by atoms with van der Waals surface area (Å²) < 4.78 is 27.3. The smallest absolute Gasteiger partial charge is 0.328 e. The summed E-state index contributed by atoms with van der Waals surface area (Å²) in [4.78, 5) is 11.6. The summed E-state index contributed by atoms with van der Waals surface area (Å²) in [5.41, 5.74) is 8.54. The third-order valence-electron chi connectivity index (χ3n) is 3.23. The van der Waals surface area contributed by atoms with Crippen molar-refractivity contribution < 1.29 is 13.2 Å². The Bertz CT molecular complexity index is 865. The maximum Gasteiger partial charge on any atom is 0.328 e. The van der Waals surface area contributed by atoms with Gasteiger partial charge in [0.05, 0.1) is 5.70 Å². The molecule has 0 fully saturated rings. The van der Waals surface area contributed by atoms with Gasteiger partial charge in [0.25, 0.3) is 10.0 Å². The van der Waals surface area contributed by atoms with Crippen molar-refractivity contribution in [3.63, 3.8) is 0 Å². The minimum absolute atomic E-state index is 0.211. The van der Waals surface area contributed by atoms with E-state index in [1.165, 1.54) is 0 Å². The molecular formula is C19H28N4O3S. The van der Waals surface area contributed by atoms with Crippen LogP contribution >= 0.6 is 0 Å². The number of urea groups is 1. The standard InChI is InChI=1S/C19H28N4O3S/c1-13(2)9-10-17(22-16-8-6-7-15(5)11-16)18(12-20)27(25,26)23-19(24)21-14(3)4/h6-12,14,22H,20H2,1-5H3,(H2,21,23,24). The molecule has 0 saturated carbocycles. The lowest BCUT2D eigenvalue weighted by molar-refractivity contribution is 0.243. The Morgan fingerprint density at radius 1 is 1.19 bits per heavy atom. The Morgan fingerprint density at radius 3 is 2.37 bits per heavy atom. The van der Waals surface area contributed by atoms with Crippen LogP contribution in [-0.2, 0) is 10.0 Å². The van der Waals surface area contributed by atoms with Gasteiger partial charge >= 0.3 is 6.03 Å². The predicted molar refractivity (Wildman–Crippen MR) is 110 cm³/mol. The number of nitrogens with one attached hydrogen (secondary N) is 3. The Morgan fingerprint density at radius 2 is 1.85 bits per heavy atom. The quantitative estimate of drug-likeness (QED) is 0.533. The number of sulfonamides is 1. The third kappa shape index (κ3) is 7.57. The molecule has 1 rings (SSSR count). The van der Waals surface area contributed by atoms with Crippen LogP contribution in [0.2, 0.25) is 0 Å². The van der Waals surface area contributed by atoms with Gasteiger partial charge in [-0.2, -0.15) is 0 Å². The summed E-state index contributed by atoms with van der Waals surface area (Å²) in [6, 6.07) is 6.43. The first kappa shape index (κ1) is 22.3. The van der Waals surface area contributed by atoms with E-state index >= 15 is 0 Å². The van der Waals surface area contributed by atoms with Gasteiger partial charge in [-0.05, 0) is 58.4 Å². The SMILES string of the molecule is CC(C)=CC=C(Nc1cccc(C)c1)C(=CN)S(=O)(=O)NC(=O)NC(C)C. The van der Waals surface area contributed by atoms with Crippen LogP contribution in [0, 0.1) is 6.92 Å². The minimum atomic E-state index is -4.18. The van der Waals surface area contributed by atoms with E-state index in [1.54, 1.807) is 26.0 Å². The Balaban J connectivity index is 3.26. The van der Waals surface area contributed by atoms with Crippen molar-refractivity contribution in [2.45, 2.75) is 40.7 Å². The molecule has 0 aliphatic rings. The van der Waals surface area contributed by atoms with E-state index in [-0.39, 0.29) is 16.6 Å². The van der Waals surface area contributed by atoms with E-state index in [1.807, 2.05) is 49.8 Å². The van der Waals surface area contributed by atoms with Crippen LogP contribution in [-0.4, -0.2) is 20.5 Å². The monoisotopic (exact) mass is 392 g/mol. The second-order valence-electron chi connectivity index (χ2n) is 6.58. The van der Waals surface area contributed by atoms with Gasteiger partial charge < -0.3 is 16.4 Å². The normalized spacial score (nSPS) is 12.5. The van der Waals surface area contributed by atoms with Gasteiger partial charge in [0.1, 0.15) is 4.91 Å². The van der Waals surface area contributed by atoms with Crippen molar-refractivity contribution in [1.29, 1.82) is 0 Å². The number of benzene rings is 1. The van der Waals surface area contributed by atoms with Crippen LogP contribution in [0.15, 0.2) is 58.8 Å². The lowest BCUT2D eigenvalue weighted by Crippen LogP contribution is -2.43. The summed E-state index contributed by atoms with van der Waals surface area (Å²) in [6.45, 7) is 9.15. The van der Waals surface area contributed by atoms with Crippen molar-refractivity contribution in [3.05, 3.63) is 64.4 Å². The topological polar surface area (TPSA) is 113 Å². The predicted octanol–water partition coefficient (Wildman–Crippen LogP) is 3.09. The van der Waals surface area contributed by atoms with Gasteiger partial charge in [-0.3, -0.25) is 0 Å². The Kier molecular flexibility index (Phi) is 8.11. The zero-order valence-electron chi connectivity index (χ0n) is 16.3. The lowest BCUT2D eigenvalue weighted by atomic mass is 10.2. The number of hydrogen-bond acceptors (Lipinski definition) is 5. The number of rotatable bonds is 7. The first-order valence-electron chi connectivity index (χ1n) is 8.49. The first-order valence-corrected chi connectivity index (χ1v) is 9.98. The molecule has 2 amide bonds.